The van der Waals surface area contributed by atoms with Crippen molar-refractivity contribution in [2.75, 3.05) is 18.6 Å². The van der Waals surface area contributed by atoms with Crippen molar-refractivity contribution in [1.29, 1.82) is 0 Å². The van der Waals surface area contributed by atoms with Crippen molar-refractivity contribution in [3.63, 3.8) is 0 Å². The summed E-state index contributed by atoms with van der Waals surface area (Å²) in [6.45, 7) is 4.54. The first-order valence-electron chi connectivity index (χ1n) is 8.88. The Morgan fingerprint density at radius 2 is 2.00 bits per heavy atom. The maximum Gasteiger partial charge on any atom is 0.281 e. The molecule has 1 heterocycles. The minimum absolute atomic E-state index is 0.222. The number of aryl methyl sites for hydroxylation is 1. The number of nitrogens with zero attached hydrogens (tertiary/aromatic N) is 1. The van der Waals surface area contributed by atoms with Crippen molar-refractivity contribution in [2.24, 2.45) is 0 Å². The summed E-state index contributed by atoms with van der Waals surface area (Å²) < 4.78 is 11.1. The lowest BCUT2D eigenvalue weighted by atomic mass is 10.1. The smallest absolute Gasteiger partial charge is 0.281 e. The van der Waals surface area contributed by atoms with Crippen LogP contribution in [0.4, 0.5) is 5.69 Å². The number of rotatable bonds is 6. The summed E-state index contributed by atoms with van der Waals surface area (Å²) in [5, 5.41) is 3.93. The van der Waals surface area contributed by atoms with E-state index in [2.05, 4.69) is 5.32 Å². The summed E-state index contributed by atoms with van der Waals surface area (Å²) in [6.07, 6.45) is 2.65. The molecule has 0 aliphatic carbocycles. The Kier molecular flexibility index (Phi) is 6.21. The van der Waals surface area contributed by atoms with E-state index in [1.807, 2.05) is 32.0 Å². The Labute approximate surface area is 174 Å². The monoisotopic (exact) mass is 416 g/mol. The maximum atomic E-state index is 12.9. The van der Waals surface area contributed by atoms with Gasteiger partial charge in [-0.05, 0) is 73.1 Å². The third kappa shape index (κ3) is 4.13. The van der Waals surface area contributed by atoms with Gasteiger partial charge in [0, 0.05) is 5.02 Å². The first-order chi connectivity index (χ1) is 13.4. The fourth-order valence-corrected chi connectivity index (χ4v) is 3.41. The molecule has 1 amide bonds. The van der Waals surface area contributed by atoms with Crippen LogP contribution in [0.5, 0.6) is 11.5 Å². The maximum absolute atomic E-state index is 12.9. The molecule has 1 aliphatic heterocycles. The van der Waals surface area contributed by atoms with Crippen LogP contribution < -0.4 is 19.7 Å². The zero-order valence-corrected chi connectivity index (χ0v) is 17.5. The Balaban J connectivity index is 1.89. The van der Waals surface area contributed by atoms with Crippen LogP contribution in [0, 0.1) is 6.92 Å². The van der Waals surface area contributed by atoms with Crippen molar-refractivity contribution in [3.05, 3.63) is 58.2 Å². The third-order valence-electron chi connectivity index (χ3n) is 4.24. The normalized spacial score (nSPS) is 15.1. The van der Waals surface area contributed by atoms with E-state index in [4.69, 9.17) is 33.3 Å². The van der Waals surface area contributed by atoms with Crippen molar-refractivity contribution >= 4 is 46.6 Å². The zero-order valence-electron chi connectivity index (χ0n) is 15.9. The zero-order chi connectivity index (χ0) is 20.3. The van der Waals surface area contributed by atoms with E-state index in [9.17, 15) is 4.79 Å². The number of hydrogen-bond acceptors (Lipinski definition) is 4. The third-order valence-corrected chi connectivity index (χ3v) is 4.76. The van der Waals surface area contributed by atoms with E-state index < -0.39 is 0 Å². The van der Waals surface area contributed by atoms with Crippen LogP contribution in [-0.2, 0) is 4.79 Å². The van der Waals surface area contributed by atoms with Crippen LogP contribution in [-0.4, -0.2) is 24.7 Å². The molecule has 0 aromatic heterocycles. The molecule has 0 radical (unpaired) electrons. The lowest BCUT2D eigenvalue weighted by Crippen LogP contribution is -2.30. The fourth-order valence-electron chi connectivity index (χ4n) is 2.90. The van der Waals surface area contributed by atoms with Gasteiger partial charge >= 0.3 is 0 Å². The van der Waals surface area contributed by atoms with E-state index in [0.29, 0.717) is 39.6 Å². The highest BCUT2D eigenvalue weighted by atomic mass is 35.5. The van der Waals surface area contributed by atoms with Gasteiger partial charge < -0.3 is 14.8 Å². The second kappa shape index (κ2) is 8.63. The predicted molar refractivity (Wildman–Crippen MR) is 116 cm³/mol. The molecule has 0 bridgehead atoms. The topological polar surface area (TPSA) is 50.8 Å². The van der Waals surface area contributed by atoms with Crippen molar-refractivity contribution < 1.29 is 14.3 Å². The summed E-state index contributed by atoms with van der Waals surface area (Å²) in [6, 6.07) is 10.9. The molecule has 3 rings (SSSR count). The fraction of sp³-hybridized carbons (Fsp3) is 0.238. The van der Waals surface area contributed by atoms with Crippen molar-refractivity contribution in [2.45, 2.75) is 20.3 Å². The highest BCUT2D eigenvalue weighted by molar-refractivity contribution is 7.80. The SMILES string of the molecule is CCCOc1ccc(/C=C2\NC(=S)N(c3ccc(Cl)cc3C)C2=O)cc1OC. The standard InChI is InChI=1S/C21H21ClN2O3S/c1-4-9-27-18-8-5-14(12-19(18)26-3)11-16-20(25)24(21(28)23-16)17-7-6-15(22)10-13(17)2/h5-8,10-12H,4,9H2,1-3H3,(H,23,28)/b16-11-. The molecule has 2 aromatic carbocycles. The van der Waals surface area contributed by atoms with Gasteiger partial charge in [0.1, 0.15) is 5.70 Å². The summed E-state index contributed by atoms with van der Waals surface area (Å²) in [7, 11) is 1.59. The van der Waals surface area contributed by atoms with Gasteiger partial charge in [-0.25, -0.2) is 0 Å². The molecular formula is C21H21ClN2O3S. The van der Waals surface area contributed by atoms with Crippen molar-refractivity contribution in [1.82, 2.24) is 5.32 Å². The molecule has 28 heavy (non-hydrogen) atoms. The van der Waals surface area contributed by atoms with Gasteiger partial charge in [0.2, 0.25) is 0 Å². The van der Waals surface area contributed by atoms with Gasteiger partial charge in [-0.2, -0.15) is 0 Å². The number of thiocarbonyl (C=S) groups is 1. The van der Waals surface area contributed by atoms with Crippen LogP contribution in [0.2, 0.25) is 5.02 Å². The van der Waals surface area contributed by atoms with Crippen LogP contribution in [0.15, 0.2) is 42.1 Å². The number of nitrogens with one attached hydrogen (secondary N) is 1. The number of ether oxygens (including phenoxy) is 2. The first-order valence-corrected chi connectivity index (χ1v) is 9.67. The van der Waals surface area contributed by atoms with E-state index in [-0.39, 0.29) is 5.91 Å². The van der Waals surface area contributed by atoms with E-state index >= 15 is 0 Å². The highest BCUT2D eigenvalue weighted by Crippen LogP contribution is 2.31. The largest absolute Gasteiger partial charge is 0.493 e. The second-order valence-corrected chi connectivity index (χ2v) is 7.14. The van der Waals surface area contributed by atoms with Crippen LogP contribution in [0.1, 0.15) is 24.5 Å². The average Bonchev–Trinajstić information content (AvgIpc) is 2.94. The lowest BCUT2D eigenvalue weighted by molar-refractivity contribution is -0.113. The lowest BCUT2D eigenvalue weighted by Gasteiger charge is -2.16. The molecule has 0 saturated carbocycles. The van der Waals surface area contributed by atoms with Gasteiger partial charge in [0.25, 0.3) is 5.91 Å². The molecule has 146 valence electrons. The summed E-state index contributed by atoms with van der Waals surface area (Å²) >= 11 is 11.4. The molecule has 1 N–H and O–H groups in total. The Morgan fingerprint density at radius 1 is 1.21 bits per heavy atom. The molecule has 0 spiro atoms. The number of anilines is 1. The van der Waals surface area contributed by atoms with Gasteiger partial charge in [-0.15, -0.1) is 0 Å². The van der Waals surface area contributed by atoms with Gasteiger partial charge in [0.05, 0.1) is 19.4 Å². The van der Waals surface area contributed by atoms with Crippen LogP contribution >= 0.6 is 23.8 Å². The van der Waals surface area contributed by atoms with Crippen molar-refractivity contribution in [3.8, 4) is 11.5 Å². The summed E-state index contributed by atoms with van der Waals surface area (Å²) in [5.74, 6) is 1.06. The quantitative estimate of drug-likeness (QED) is 0.546. The number of halogens is 1. The second-order valence-electron chi connectivity index (χ2n) is 6.32. The molecule has 5 nitrogen and oxygen atoms in total. The minimum atomic E-state index is -0.222. The first kappa shape index (κ1) is 20.2. The van der Waals surface area contributed by atoms with E-state index in [0.717, 1.165) is 17.5 Å². The number of amides is 1. The number of methoxy groups -OCH3 is 1. The number of carbonyl (C=O) groups excluding carboxylic acids is 1. The highest BCUT2D eigenvalue weighted by Gasteiger charge is 2.32. The van der Waals surface area contributed by atoms with Gasteiger partial charge in [0.15, 0.2) is 16.6 Å². The van der Waals surface area contributed by atoms with Crippen LogP contribution in [0.3, 0.4) is 0 Å². The van der Waals surface area contributed by atoms with E-state index in [1.165, 1.54) is 4.90 Å². The van der Waals surface area contributed by atoms with Gasteiger partial charge in [-0.3, -0.25) is 9.69 Å². The molecule has 1 saturated heterocycles. The molecule has 0 atom stereocenters. The predicted octanol–water partition coefficient (Wildman–Crippen LogP) is 4.71. The van der Waals surface area contributed by atoms with E-state index in [1.54, 1.807) is 31.4 Å². The Morgan fingerprint density at radius 3 is 2.68 bits per heavy atom. The summed E-state index contributed by atoms with van der Waals surface area (Å²) in [4.78, 5) is 14.4. The summed E-state index contributed by atoms with van der Waals surface area (Å²) in [5.41, 5.74) is 2.76. The molecule has 7 heteroatoms. The molecule has 1 aliphatic rings. The average molecular weight is 417 g/mol. The molecule has 0 unspecified atom stereocenters. The Hall–Kier alpha value is -2.57. The molecule has 1 fully saturated rings. The minimum Gasteiger partial charge on any atom is -0.493 e. The molecular weight excluding hydrogens is 396 g/mol. The van der Waals surface area contributed by atoms with Gasteiger partial charge in [-0.1, -0.05) is 24.6 Å². The number of hydrogen-bond donors (Lipinski definition) is 1. The molecule has 2 aromatic rings. The van der Waals surface area contributed by atoms with Crippen LogP contribution in [0.25, 0.3) is 6.08 Å². The number of carbonyl (C=O) groups is 1. The number of benzene rings is 2. The Bertz CT molecular complexity index is 959.